The van der Waals surface area contributed by atoms with Gasteiger partial charge < -0.3 is 15.3 Å². The number of esters is 1. The molecule has 20 heavy (non-hydrogen) atoms. The molecule has 0 aromatic heterocycles. The summed E-state index contributed by atoms with van der Waals surface area (Å²) in [6.45, 7) is 6.05. The summed E-state index contributed by atoms with van der Waals surface area (Å²) in [4.78, 5) is 21.4. The van der Waals surface area contributed by atoms with Gasteiger partial charge >= 0.3 is 5.97 Å². The van der Waals surface area contributed by atoms with Crippen molar-refractivity contribution in [2.24, 2.45) is 0 Å². The topological polar surface area (TPSA) is 114 Å². The Labute approximate surface area is 116 Å². The Morgan fingerprint density at radius 1 is 1.40 bits per heavy atom. The lowest BCUT2D eigenvalue weighted by Gasteiger charge is -2.07. The predicted octanol–water partition coefficient (Wildman–Crippen LogP) is 2.30. The van der Waals surface area contributed by atoms with Gasteiger partial charge in [-0.3, -0.25) is 10.1 Å². The molecule has 7 nitrogen and oxygen atoms in total. The van der Waals surface area contributed by atoms with E-state index in [0.29, 0.717) is 0 Å². The van der Waals surface area contributed by atoms with Crippen LogP contribution >= 0.6 is 0 Å². The molecule has 0 aromatic rings. The molecule has 0 radical (unpaired) electrons. The second kappa shape index (κ2) is 7.67. The summed E-state index contributed by atoms with van der Waals surface area (Å²) in [7, 11) is 1.13. The Kier molecular flexibility index (Phi) is 6.64. The molecule has 0 bridgehead atoms. The fraction of sp³-hybridized carbons (Fsp3) is 0.231. The highest BCUT2D eigenvalue weighted by molar-refractivity contribution is 6.18. The average Bonchev–Trinajstić information content (AvgIpc) is 2.37. The van der Waals surface area contributed by atoms with Crippen molar-refractivity contribution >= 4 is 11.7 Å². The Balaban J connectivity index is 5.71. The van der Waals surface area contributed by atoms with E-state index in [-0.39, 0.29) is 22.6 Å². The Morgan fingerprint density at radius 3 is 2.30 bits per heavy atom. The third kappa shape index (κ3) is 4.52. The summed E-state index contributed by atoms with van der Waals surface area (Å²) < 4.78 is 4.47. The first-order chi connectivity index (χ1) is 9.26. The summed E-state index contributed by atoms with van der Waals surface area (Å²) in [5, 5.41) is 27.9. The normalized spacial score (nSPS) is 13.3. The molecule has 0 aliphatic heterocycles. The van der Waals surface area contributed by atoms with E-state index in [1.165, 1.54) is 19.9 Å². The van der Waals surface area contributed by atoms with Crippen LogP contribution in [-0.4, -0.2) is 28.8 Å². The van der Waals surface area contributed by atoms with Crippen LogP contribution in [0.2, 0.25) is 0 Å². The van der Waals surface area contributed by atoms with Crippen LogP contribution in [0.4, 0.5) is 0 Å². The molecule has 2 N–H and O–H groups in total. The summed E-state index contributed by atoms with van der Waals surface area (Å²) >= 11 is 0. The molecule has 0 saturated heterocycles. The number of nitrogens with zero attached hydrogens (tertiary/aromatic N) is 1. The van der Waals surface area contributed by atoms with Crippen molar-refractivity contribution in [1.29, 1.82) is 5.41 Å². The molecular weight excluding hydrogens is 264 g/mol. The number of rotatable bonds is 6. The van der Waals surface area contributed by atoms with Crippen molar-refractivity contribution in [2.45, 2.75) is 13.8 Å². The largest absolute Gasteiger partial charge is 0.507 e. The van der Waals surface area contributed by atoms with Gasteiger partial charge in [0.2, 0.25) is 0 Å². The molecule has 7 heteroatoms. The van der Waals surface area contributed by atoms with Crippen LogP contribution in [0.15, 0.2) is 47.4 Å². The van der Waals surface area contributed by atoms with Gasteiger partial charge in [0.05, 0.1) is 12.0 Å². The SMILES string of the molecule is C=C\C(=C/C=C(C)/C(O)=C(/C(C)=N)C(=O)OC)[N+](=O)[O-]. The van der Waals surface area contributed by atoms with Crippen molar-refractivity contribution in [2.75, 3.05) is 7.11 Å². The third-order valence-electron chi connectivity index (χ3n) is 2.30. The van der Waals surface area contributed by atoms with E-state index in [1.54, 1.807) is 0 Å². The number of aliphatic hydroxyl groups excluding tert-OH is 1. The molecule has 0 saturated carbocycles. The minimum Gasteiger partial charge on any atom is -0.507 e. The van der Waals surface area contributed by atoms with Gasteiger partial charge in [-0.25, -0.2) is 4.79 Å². The highest BCUT2D eigenvalue weighted by atomic mass is 16.6. The molecule has 0 spiro atoms. The lowest BCUT2D eigenvalue weighted by Crippen LogP contribution is -2.14. The van der Waals surface area contributed by atoms with Crippen LogP contribution < -0.4 is 0 Å². The second-order valence-corrected chi connectivity index (χ2v) is 3.74. The number of ether oxygens (including phenoxy) is 1. The molecule has 0 heterocycles. The summed E-state index contributed by atoms with van der Waals surface area (Å²) in [5.74, 6) is -1.32. The number of carbonyl (C=O) groups is 1. The predicted molar refractivity (Wildman–Crippen MR) is 74.1 cm³/mol. The average molecular weight is 280 g/mol. The van der Waals surface area contributed by atoms with E-state index in [0.717, 1.165) is 19.3 Å². The van der Waals surface area contributed by atoms with E-state index >= 15 is 0 Å². The monoisotopic (exact) mass is 280 g/mol. The van der Waals surface area contributed by atoms with Gasteiger partial charge in [0, 0.05) is 17.9 Å². The molecule has 0 aliphatic carbocycles. The number of carbonyl (C=O) groups excluding carboxylic acids is 1. The van der Waals surface area contributed by atoms with Gasteiger partial charge in [-0.1, -0.05) is 6.58 Å². The smallest absolute Gasteiger partial charge is 0.343 e. The number of hydrogen-bond donors (Lipinski definition) is 2. The fourth-order valence-corrected chi connectivity index (χ4v) is 1.22. The van der Waals surface area contributed by atoms with Gasteiger partial charge in [0.15, 0.2) is 0 Å². The summed E-state index contributed by atoms with van der Waals surface area (Å²) in [6.07, 6.45) is 3.43. The van der Waals surface area contributed by atoms with Crippen LogP contribution in [-0.2, 0) is 9.53 Å². The molecule has 0 aromatic carbocycles. The van der Waals surface area contributed by atoms with Crippen LogP contribution in [0.1, 0.15) is 13.8 Å². The lowest BCUT2D eigenvalue weighted by atomic mass is 10.1. The van der Waals surface area contributed by atoms with Crippen LogP contribution in [0.3, 0.4) is 0 Å². The van der Waals surface area contributed by atoms with Gasteiger partial charge in [-0.2, -0.15) is 0 Å². The standard InChI is InChI=1S/C13H16N2O5/c1-5-10(15(18)19)7-6-8(2)12(16)11(9(3)14)13(17)20-4/h5-7,14,16H,1H2,2-4H3/b8-6+,10-7+,12-11+,14-9?. The number of allylic oxidation sites excluding steroid dienone is 4. The number of aliphatic hydroxyl groups is 1. The van der Waals surface area contributed by atoms with Crippen LogP contribution in [0, 0.1) is 15.5 Å². The van der Waals surface area contributed by atoms with Crippen LogP contribution in [0.25, 0.3) is 0 Å². The maximum atomic E-state index is 11.5. The Hall–Kier alpha value is -2.70. The van der Waals surface area contributed by atoms with Gasteiger partial charge in [-0.05, 0) is 25.5 Å². The number of nitro groups is 1. The maximum Gasteiger partial charge on any atom is 0.343 e. The fourth-order valence-electron chi connectivity index (χ4n) is 1.22. The second-order valence-electron chi connectivity index (χ2n) is 3.74. The molecule has 0 unspecified atom stereocenters. The van der Waals surface area contributed by atoms with E-state index in [9.17, 15) is 20.0 Å². The minimum atomic E-state index is -0.857. The van der Waals surface area contributed by atoms with Crippen molar-refractivity contribution in [1.82, 2.24) is 0 Å². The maximum absolute atomic E-state index is 11.5. The lowest BCUT2D eigenvalue weighted by molar-refractivity contribution is -0.418. The van der Waals surface area contributed by atoms with Crippen molar-refractivity contribution in [3.8, 4) is 0 Å². The molecule has 0 fully saturated rings. The van der Waals surface area contributed by atoms with Crippen molar-refractivity contribution < 1.29 is 19.6 Å². The van der Waals surface area contributed by atoms with E-state index in [4.69, 9.17) is 5.41 Å². The minimum absolute atomic E-state index is 0.177. The van der Waals surface area contributed by atoms with E-state index in [1.807, 2.05) is 0 Å². The zero-order valence-corrected chi connectivity index (χ0v) is 11.5. The molecule has 0 rings (SSSR count). The number of nitrogens with one attached hydrogen (secondary N) is 1. The van der Waals surface area contributed by atoms with Crippen LogP contribution in [0.5, 0.6) is 0 Å². The zero-order chi connectivity index (χ0) is 15.9. The summed E-state index contributed by atoms with van der Waals surface area (Å²) in [5.41, 5.74) is -0.554. The quantitative estimate of drug-likeness (QED) is 0.147. The molecular formula is C13H16N2O5. The first kappa shape index (κ1) is 17.3. The molecule has 0 amide bonds. The van der Waals surface area contributed by atoms with E-state index in [2.05, 4.69) is 11.3 Å². The first-order valence-electron chi connectivity index (χ1n) is 5.49. The number of hydrogen-bond acceptors (Lipinski definition) is 6. The van der Waals surface area contributed by atoms with Gasteiger partial charge in [0.1, 0.15) is 11.3 Å². The van der Waals surface area contributed by atoms with E-state index < -0.39 is 16.7 Å². The molecule has 108 valence electrons. The third-order valence-corrected chi connectivity index (χ3v) is 2.30. The van der Waals surface area contributed by atoms with Gasteiger partial charge in [-0.15, -0.1) is 0 Å². The Bertz CT molecular complexity index is 541. The van der Waals surface area contributed by atoms with Crippen molar-refractivity contribution in [3.05, 3.63) is 57.5 Å². The van der Waals surface area contributed by atoms with Gasteiger partial charge in [0.25, 0.3) is 5.70 Å². The molecule has 0 aliphatic rings. The number of methoxy groups -OCH3 is 1. The Morgan fingerprint density at radius 2 is 1.95 bits per heavy atom. The zero-order valence-electron chi connectivity index (χ0n) is 11.5. The highest BCUT2D eigenvalue weighted by Crippen LogP contribution is 2.15. The summed E-state index contributed by atoms with van der Waals surface area (Å²) in [6, 6.07) is 0. The molecule has 0 atom stereocenters. The van der Waals surface area contributed by atoms with Crippen molar-refractivity contribution in [3.63, 3.8) is 0 Å². The highest BCUT2D eigenvalue weighted by Gasteiger charge is 2.19. The first-order valence-corrected chi connectivity index (χ1v) is 5.49.